The summed E-state index contributed by atoms with van der Waals surface area (Å²) in [7, 11) is 0. The van der Waals surface area contributed by atoms with E-state index in [1.54, 1.807) is 0 Å². The van der Waals surface area contributed by atoms with E-state index in [-0.39, 0.29) is 11.2 Å². The molecule has 0 saturated carbocycles. The number of nitrogens with two attached hydrogens (primary N) is 1. The molecule has 4 heteroatoms. The maximum Gasteiger partial charge on any atom is 0.0808 e. The summed E-state index contributed by atoms with van der Waals surface area (Å²) in [6.07, 6.45) is 0. The van der Waals surface area contributed by atoms with Gasteiger partial charge in [0.15, 0.2) is 0 Å². The Morgan fingerprint density at radius 3 is 2.32 bits per heavy atom. The van der Waals surface area contributed by atoms with E-state index in [9.17, 15) is 0 Å². The first-order valence-corrected chi connectivity index (χ1v) is 7.45. The predicted octanol–water partition coefficient (Wildman–Crippen LogP) is 3.30. The third kappa shape index (κ3) is 3.50. The molecule has 0 aliphatic carbocycles. The molecule has 1 aromatic rings. The van der Waals surface area contributed by atoms with Gasteiger partial charge >= 0.3 is 0 Å². The predicted molar refractivity (Wildman–Crippen MR) is 83.5 cm³/mol. The molecular formula is C15H23BrN2O. The quantitative estimate of drug-likeness (QED) is 0.906. The maximum atomic E-state index is 6.13. The zero-order chi connectivity index (χ0) is 14.3. The molecule has 0 bridgehead atoms. The Morgan fingerprint density at radius 2 is 1.79 bits per heavy atom. The zero-order valence-electron chi connectivity index (χ0n) is 12.2. The summed E-state index contributed by atoms with van der Waals surface area (Å²) in [6, 6.07) is 6.32. The molecule has 0 radical (unpaired) electrons. The molecule has 2 rings (SSSR count). The van der Waals surface area contributed by atoms with Crippen molar-refractivity contribution in [2.24, 2.45) is 5.73 Å². The van der Waals surface area contributed by atoms with Gasteiger partial charge in [-0.15, -0.1) is 0 Å². The summed E-state index contributed by atoms with van der Waals surface area (Å²) in [4.78, 5) is 2.39. The van der Waals surface area contributed by atoms with Crippen LogP contribution in [0.5, 0.6) is 0 Å². The Balaban J connectivity index is 2.35. The van der Waals surface area contributed by atoms with Crippen LogP contribution in [0, 0.1) is 0 Å². The lowest BCUT2D eigenvalue weighted by Gasteiger charge is -2.48. The van der Waals surface area contributed by atoms with E-state index in [0.29, 0.717) is 6.54 Å². The second-order valence-corrected chi connectivity index (χ2v) is 7.37. The van der Waals surface area contributed by atoms with E-state index in [1.807, 2.05) is 0 Å². The highest BCUT2D eigenvalue weighted by Gasteiger charge is 2.38. The van der Waals surface area contributed by atoms with Crippen LogP contribution in [-0.2, 0) is 11.3 Å². The van der Waals surface area contributed by atoms with Gasteiger partial charge in [-0.2, -0.15) is 0 Å². The normalized spacial score (nSPS) is 21.5. The molecule has 0 amide bonds. The summed E-state index contributed by atoms with van der Waals surface area (Å²) in [5.41, 5.74) is 7.97. The van der Waals surface area contributed by atoms with E-state index < -0.39 is 0 Å². The number of hydrogen-bond donors (Lipinski definition) is 1. The topological polar surface area (TPSA) is 38.5 Å². The van der Waals surface area contributed by atoms with Crippen molar-refractivity contribution in [2.45, 2.75) is 45.4 Å². The first kappa shape index (κ1) is 14.8. The molecule has 1 aliphatic heterocycles. The monoisotopic (exact) mass is 326 g/mol. The molecule has 1 aliphatic rings. The Hall–Kier alpha value is -0.580. The average molecular weight is 327 g/mol. The van der Waals surface area contributed by atoms with Crippen molar-refractivity contribution >= 4 is 21.6 Å². The van der Waals surface area contributed by atoms with E-state index in [1.165, 1.54) is 11.3 Å². The van der Waals surface area contributed by atoms with Gasteiger partial charge in [-0.25, -0.2) is 0 Å². The summed E-state index contributed by atoms with van der Waals surface area (Å²) < 4.78 is 7.20. The van der Waals surface area contributed by atoms with E-state index in [2.05, 4.69) is 66.7 Å². The van der Waals surface area contributed by atoms with Crippen LogP contribution < -0.4 is 10.6 Å². The molecule has 0 unspecified atom stereocenters. The lowest BCUT2D eigenvalue weighted by Crippen LogP contribution is -2.57. The van der Waals surface area contributed by atoms with Gasteiger partial charge in [-0.05, 0) is 51.5 Å². The van der Waals surface area contributed by atoms with Crippen LogP contribution in [0.25, 0.3) is 0 Å². The fourth-order valence-corrected chi connectivity index (χ4v) is 3.39. The maximum absolute atomic E-state index is 6.13. The second kappa shape index (κ2) is 5.08. The van der Waals surface area contributed by atoms with Crippen molar-refractivity contribution in [1.29, 1.82) is 0 Å². The van der Waals surface area contributed by atoms with Gasteiger partial charge in [0, 0.05) is 29.8 Å². The number of anilines is 1. The average Bonchev–Trinajstić information content (AvgIpc) is 2.24. The molecule has 1 heterocycles. The van der Waals surface area contributed by atoms with Crippen molar-refractivity contribution in [3.63, 3.8) is 0 Å². The number of benzene rings is 1. The fraction of sp³-hybridized carbons (Fsp3) is 0.600. The molecule has 0 atom stereocenters. The Morgan fingerprint density at radius 1 is 1.21 bits per heavy atom. The van der Waals surface area contributed by atoms with Crippen molar-refractivity contribution < 1.29 is 4.74 Å². The lowest BCUT2D eigenvalue weighted by atomic mass is 9.97. The third-order valence-electron chi connectivity index (χ3n) is 3.30. The fourth-order valence-electron chi connectivity index (χ4n) is 2.98. The van der Waals surface area contributed by atoms with Crippen molar-refractivity contribution in [1.82, 2.24) is 0 Å². The number of hydrogen-bond acceptors (Lipinski definition) is 3. The SMILES string of the molecule is CC1(C)CN(c2ccc(Br)cc2CN)CC(C)(C)O1. The highest BCUT2D eigenvalue weighted by atomic mass is 79.9. The van der Waals surface area contributed by atoms with Crippen LogP contribution in [0.1, 0.15) is 33.3 Å². The lowest BCUT2D eigenvalue weighted by molar-refractivity contribution is -0.133. The van der Waals surface area contributed by atoms with E-state index in [4.69, 9.17) is 10.5 Å². The highest BCUT2D eigenvalue weighted by Crippen LogP contribution is 2.33. The number of ether oxygens (including phenoxy) is 1. The molecule has 1 aromatic carbocycles. The molecular weight excluding hydrogens is 304 g/mol. The van der Waals surface area contributed by atoms with Crippen LogP contribution in [-0.4, -0.2) is 24.3 Å². The summed E-state index contributed by atoms with van der Waals surface area (Å²) in [5.74, 6) is 0. The molecule has 2 N–H and O–H groups in total. The summed E-state index contributed by atoms with van der Waals surface area (Å²) >= 11 is 3.51. The van der Waals surface area contributed by atoms with Gasteiger partial charge in [0.2, 0.25) is 0 Å². The smallest absolute Gasteiger partial charge is 0.0808 e. The summed E-state index contributed by atoms with van der Waals surface area (Å²) in [6.45, 7) is 10.9. The highest BCUT2D eigenvalue weighted by molar-refractivity contribution is 9.10. The molecule has 19 heavy (non-hydrogen) atoms. The zero-order valence-corrected chi connectivity index (χ0v) is 13.8. The van der Waals surface area contributed by atoms with Crippen molar-refractivity contribution in [2.75, 3.05) is 18.0 Å². The second-order valence-electron chi connectivity index (χ2n) is 6.45. The summed E-state index contributed by atoms with van der Waals surface area (Å²) in [5, 5.41) is 0. The standard InChI is InChI=1S/C15H23BrN2O/c1-14(2)9-18(10-15(3,4)19-14)13-6-5-12(16)7-11(13)8-17/h5-7H,8-10,17H2,1-4H3. The molecule has 1 fully saturated rings. The molecule has 0 aromatic heterocycles. The van der Waals surface area contributed by atoms with Gasteiger partial charge in [0.1, 0.15) is 0 Å². The number of nitrogens with zero attached hydrogens (tertiary/aromatic N) is 1. The number of rotatable bonds is 2. The number of halogens is 1. The first-order chi connectivity index (χ1) is 8.72. The van der Waals surface area contributed by atoms with Crippen molar-refractivity contribution in [3.05, 3.63) is 28.2 Å². The molecule has 0 spiro atoms. The van der Waals surface area contributed by atoms with Crippen LogP contribution in [0.15, 0.2) is 22.7 Å². The minimum atomic E-state index is -0.152. The van der Waals surface area contributed by atoms with Gasteiger partial charge in [-0.3, -0.25) is 0 Å². The van der Waals surface area contributed by atoms with Crippen molar-refractivity contribution in [3.8, 4) is 0 Å². The Labute approximate surface area is 124 Å². The molecule has 106 valence electrons. The van der Waals surface area contributed by atoms with E-state index >= 15 is 0 Å². The van der Waals surface area contributed by atoms with Crippen LogP contribution >= 0.6 is 15.9 Å². The Kier molecular flexibility index (Phi) is 3.96. The van der Waals surface area contributed by atoms with Gasteiger partial charge in [-0.1, -0.05) is 15.9 Å². The van der Waals surface area contributed by atoms with Gasteiger partial charge in [0.05, 0.1) is 11.2 Å². The molecule has 1 saturated heterocycles. The largest absolute Gasteiger partial charge is 0.366 e. The third-order valence-corrected chi connectivity index (χ3v) is 3.79. The van der Waals surface area contributed by atoms with Gasteiger partial charge < -0.3 is 15.4 Å². The van der Waals surface area contributed by atoms with Gasteiger partial charge in [0.25, 0.3) is 0 Å². The minimum absolute atomic E-state index is 0.152. The molecule has 3 nitrogen and oxygen atoms in total. The Bertz CT molecular complexity index is 455. The van der Waals surface area contributed by atoms with Crippen LogP contribution in [0.2, 0.25) is 0 Å². The minimum Gasteiger partial charge on any atom is -0.366 e. The van der Waals surface area contributed by atoms with E-state index in [0.717, 1.165) is 17.6 Å². The number of morpholine rings is 1. The first-order valence-electron chi connectivity index (χ1n) is 6.66. The van der Waals surface area contributed by atoms with Crippen LogP contribution in [0.3, 0.4) is 0 Å². The van der Waals surface area contributed by atoms with Crippen LogP contribution in [0.4, 0.5) is 5.69 Å².